The normalized spacial score (nSPS) is 10.1. The Kier molecular flexibility index (Phi) is 4.53. The lowest BCUT2D eigenvalue weighted by Gasteiger charge is -2.09. The molecule has 1 heterocycles. The van der Waals surface area contributed by atoms with Crippen molar-refractivity contribution >= 4 is 23.0 Å². The first-order valence-electron chi connectivity index (χ1n) is 6.24. The van der Waals surface area contributed by atoms with Crippen LogP contribution in [0.1, 0.15) is 16.8 Å². The van der Waals surface area contributed by atoms with E-state index >= 15 is 0 Å². The van der Waals surface area contributed by atoms with Crippen LogP contribution in [0.5, 0.6) is 5.75 Å². The van der Waals surface area contributed by atoms with Crippen LogP contribution < -0.4 is 15.8 Å². The van der Waals surface area contributed by atoms with Crippen molar-refractivity contribution in [3.63, 3.8) is 0 Å². The van der Waals surface area contributed by atoms with Crippen LogP contribution in [0.15, 0.2) is 36.4 Å². The lowest BCUT2D eigenvalue weighted by molar-refractivity contribution is 0.414. The molecule has 2 aromatic rings. The molecule has 0 aliphatic rings. The van der Waals surface area contributed by atoms with Crippen molar-refractivity contribution in [3.05, 3.63) is 53.2 Å². The third-order valence-corrected chi connectivity index (χ3v) is 3.08. The molecular formula is C15H17N3OS. The average Bonchev–Trinajstić information content (AvgIpc) is 2.44. The molecule has 0 bridgehead atoms. The Labute approximate surface area is 124 Å². The van der Waals surface area contributed by atoms with Gasteiger partial charge in [-0.25, -0.2) is 4.98 Å². The molecule has 2 rings (SSSR count). The molecule has 104 valence electrons. The highest BCUT2D eigenvalue weighted by Gasteiger charge is 2.03. The van der Waals surface area contributed by atoms with Gasteiger partial charge in [0.05, 0.1) is 7.11 Å². The minimum Gasteiger partial charge on any atom is -0.497 e. The van der Waals surface area contributed by atoms with Gasteiger partial charge in [0.2, 0.25) is 0 Å². The molecule has 0 atom stereocenters. The monoisotopic (exact) mass is 287 g/mol. The molecule has 0 spiro atoms. The second-order valence-corrected chi connectivity index (χ2v) is 4.89. The van der Waals surface area contributed by atoms with Crippen molar-refractivity contribution in [3.8, 4) is 5.75 Å². The molecule has 4 nitrogen and oxygen atoms in total. The Bertz CT molecular complexity index is 628. The Hall–Kier alpha value is -2.14. The summed E-state index contributed by atoms with van der Waals surface area (Å²) in [6, 6.07) is 11.6. The van der Waals surface area contributed by atoms with E-state index in [-0.39, 0.29) is 0 Å². The zero-order valence-electron chi connectivity index (χ0n) is 11.5. The number of anilines is 1. The molecule has 20 heavy (non-hydrogen) atoms. The molecule has 0 unspecified atom stereocenters. The number of thiocarbonyl (C=S) groups is 1. The first-order valence-corrected chi connectivity index (χ1v) is 6.64. The van der Waals surface area contributed by atoms with Crippen LogP contribution in [0.2, 0.25) is 0 Å². The predicted molar refractivity (Wildman–Crippen MR) is 85.2 cm³/mol. The topological polar surface area (TPSA) is 60.2 Å². The third kappa shape index (κ3) is 3.68. The van der Waals surface area contributed by atoms with Gasteiger partial charge < -0.3 is 15.8 Å². The summed E-state index contributed by atoms with van der Waals surface area (Å²) in [6.45, 7) is 2.57. The number of ether oxygens (including phenoxy) is 1. The third-order valence-electron chi connectivity index (χ3n) is 2.85. The van der Waals surface area contributed by atoms with Crippen molar-refractivity contribution in [1.82, 2.24) is 4.98 Å². The number of aryl methyl sites for hydroxylation is 1. The number of nitrogens with zero attached hydrogens (tertiary/aromatic N) is 1. The molecule has 0 saturated heterocycles. The van der Waals surface area contributed by atoms with Gasteiger partial charge in [-0.05, 0) is 36.8 Å². The lowest BCUT2D eigenvalue weighted by Crippen LogP contribution is -2.11. The maximum atomic E-state index is 5.66. The quantitative estimate of drug-likeness (QED) is 0.828. The molecular weight excluding hydrogens is 270 g/mol. The van der Waals surface area contributed by atoms with E-state index in [9.17, 15) is 0 Å². The van der Waals surface area contributed by atoms with E-state index in [4.69, 9.17) is 22.7 Å². The highest BCUT2D eigenvalue weighted by molar-refractivity contribution is 7.80. The summed E-state index contributed by atoms with van der Waals surface area (Å²) in [5.74, 6) is 1.60. The van der Waals surface area contributed by atoms with Gasteiger partial charge in [0.1, 0.15) is 16.6 Å². The van der Waals surface area contributed by atoms with Crippen LogP contribution >= 0.6 is 12.2 Å². The number of hydrogen-bond acceptors (Lipinski definition) is 4. The minimum absolute atomic E-state index is 0.375. The summed E-state index contributed by atoms with van der Waals surface area (Å²) in [4.78, 5) is 4.79. The molecule has 0 amide bonds. The van der Waals surface area contributed by atoms with Crippen molar-refractivity contribution in [1.29, 1.82) is 0 Å². The minimum atomic E-state index is 0.375. The predicted octanol–water partition coefficient (Wildman–Crippen LogP) is 2.64. The van der Waals surface area contributed by atoms with Gasteiger partial charge in [0.15, 0.2) is 0 Å². The maximum Gasteiger partial charge on any atom is 0.127 e. The van der Waals surface area contributed by atoms with Gasteiger partial charge in [-0.1, -0.05) is 24.4 Å². The zero-order chi connectivity index (χ0) is 14.5. The van der Waals surface area contributed by atoms with E-state index in [1.54, 1.807) is 7.11 Å². The second kappa shape index (κ2) is 6.34. The van der Waals surface area contributed by atoms with Crippen LogP contribution in [0, 0.1) is 6.92 Å². The first kappa shape index (κ1) is 14.3. The Balaban J connectivity index is 2.12. The molecule has 1 aromatic carbocycles. The molecule has 3 N–H and O–H groups in total. The van der Waals surface area contributed by atoms with E-state index < -0.39 is 0 Å². The van der Waals surface area contributed by atoms with Crippen molar-refractivity contribution in [2.24, 2.45) is 5.73 Å². The number of pyridine rings is 1. The summed E-state index contributed by atoms with van der Waals surface area (Å²) in [7, 11) is 1.66. The van der Waals surface area contributed by atoms with E-state index in [0.29, 0.717) is 11.5 Å². The zero-order valence-corrected chi connectivity index (χ0v) is 12.3. The number of nitrogens with two attached hydrogens (primary N) is 1. The van der Waals surface area contributed by atoms with Gasteiger partial charge in [-0.2, -0.15) is 0 Å². The molecule has 0 aliphatic heterocycles. The molecule has 0 aliphatic carbocycles. The summed E-state index contributed by atoms with van der Waals surface area (Å²) < 4.78 is 5.20. The Morgan fingerprint density at radius 1 is 1.35 bits per heavy atom. The maximum absolute atomic E-state index is 5.66. The van der Waals surface area contributed by atoms with Crippen molar-refractivity contribution < 1.29 is 4.74 Å². The number of nitrogens with one attached hydrogen (secondary N) is 1. The van der Waals surface area contributed by atoms with Crippen LogP contribution in [-0.4, -0.2) is 17.1 Å². The van der Waals surface area contributed by atoms with Gasteiger partial charge in [0, 0.05) is 17.8 Å². The van der Waals surface area contributed by atoms with E-state index in [1.165, 1.54) is 0 Å². The van der Waals surface area contributed by atoms with Crippen LogP contribution in [0.3, 0.4) is 0 Å². The summed E-state index contributed by atoms with van der Waals surface area (Å²) in [5, 5.41) is 3.27. The van der Waals surface area contributed by atoms with Crippen LogP contribution in [0.25, 0.3) is 0 Å². The highest BCUT2D eigenvalue weighted by atomic mass is 32.1. The fourth-order valence-electron chi connectivity index (χ4n) is 1.88. The fourth-order valence-corrected chi connectivity index (χ4v) is 1.99. The second-order valence-electron chi connectivity index (χ2n) is 4.45. The molecule has 0 saturated carbocycles. The molecule has 5 heteroatoms. The highest BCUT2D eigenvalue weighted by Crippen LogP contribution is 2.15. The number of rotatable bonds is 5. The number of methoxy groups -OCH3 is 1. The smallest absolute Gasteiger partial charge is 0.127 e. The van der Waals surface area contributed by atoms with E-state index in [2.05, 4.69) is 10.3 Å². The standard InChI is InChI=1S/C15H17N3OS/c1-10-6-12(15(16)20)8-14(18-10)17-9-11-4-3-5-13(7-11)19-2/h3-8H,9H2,1-2H3,(H2,16,20)(H,17,18). The summed E-state index contributed by atoms with van der Waals surface area (Å²) in [6.07, 6.45) is 0. The van der Waals surface area contributed by atoms with Gasteiger partial charge in [0.25, 0.3) is 0 Å². The first-order chi connectivity index (χ1) is 9.58. The number of benzene rings is 1. The summed E-state index contributed by atoms with van der Waals surface area (Å²) in [5.41, 5.74) is 8.47. The Morgan fingerprint density at radius 2 is 2.15 bits per heavy atom. The molecule has 0 radical (unpaired) electrons. The lowest BCUT2D eigenvalue weighted by atomic mass is 10.2. The van der Waals surface area contributed by atoms with Crippen LogP contribution in [0.4, 0.5) is 5.82 Å². The largest absolute Gasteiger partial charge is 0.497 e. The molecule has 1 aromatic heterocycles. The van der Waals surface area contributed by atoms with E-state index in [1.807, 2.05) is 43.3 Å². The van der Waals surface area contributed by atoms with Gasteiger partial charge >= 0.3 is 0 Å². The van der Waals surface area contributed by atoms with E-state index in [0.717, 1.165) is 28.4 Å². The number of hydrogen-bond donors (Lipinski definition) is 2. The van der Waals surface area contributed by atoms with Gasteiger partial charge in [-0.15, -0.1) is 0 Å². The van der Waals surface area contributed by atoms with Gasteiger partial charge in [-0.3, -0.25) is 0 Å². The van der Waals surface area contributed by atoms with Crippen molar-refractivity contribution in [2.75, 3.05) is 12.4 Å². The van der Waals surface area contributed by atoms with Crippen LogP contribution in [-0.2, 0) is 6.54 Å². The SMILES string of the molecule is COc1cccc(CNc2cc(C(N)=S)cc(C)n2)c1. The number of aromatic nitrogens is 1. The fraction of sp³-hybridized carbons (Fsp3) is 0.200. The Morgan fingerprint density at radius 3 is 2.85 bits per heavy atom. The summed E-state index contributed by atoms with van der Waals surface area (Å²) >= 11 is 5.00. The van der Waals surface area contributed by atoms with Crippen molar-refractivity contribution in [2.45, 2.75) is 13.5 Å². The average molecular weight is 287 g/mol. The molecule has 0 fully saturated rings.